The summed E-state index contributed by atoms with van der Waals surface area (Å²) in [5.74, 6) is 0.0526. The predicted molar refractivity (Wildman–Crippen MR) is 106 cm³/mol. The van der Waals surface area contributed by atoms with Gasteiger partial charge < -0.3 is 10.3 Å². The molecular weight excluding hydrogens is 372 g/mol. The molecule has 0 bridgehead atoms. The number of imide groups is 1. The number of urea groups is 1. The molecule has 2 aromatic rings. The number of carbonyl (C=O) groups is 2. The van der Waals surface area contributed by atoms with E-state index >= 15 is 0 Å². The molecule has 0 saturated carbocycles. The Morgan fingerprint density at radius 1 is 1.35 bits per heavy atom. The van der Waals surface area contributed by atoms with Crippen LogP contribution in [0, 0.1) is 12.8 Å². The van der Waals surface area contributed by atoms with Crippen molar-refractivity contribution in [2.24, 2.45) is 5.92 Å². The van der Waals surface area contributed by atoms with E-state index in [0.29, 0.717) is 27.8 Å². The maximum atomic E-state index is 12.5. The average Bonchev–Trinajstić information content (AvgIpc) is 2.89. The van der Waals surface area contributed by atoms with E-state index in [2.05, 4.69) is 34.4 Å². The third-order valence-corrected chi connectivity index (χ3v) is 5.94. The number of aryl methyl sites for hydroxylation is 1. The fraction of sp³-hybridized carbons (Fsp3) is 0.529. The van der Waals surface area contributed by atoms with Crippen molar-refractivity contribution < 1.29 is 9.59 Å². The van der Waals surface area contributed by atoms with E-state index in [-0.39, 0.29) is 11.3 Å². The number of hydrogen-bond donors (Lipinski definition) is 3. The Balaban J connectivity index is 2.15. The van der Waals surface area contributed by atoms with E-state index in [1.165, 1.54) is 11.3 Å². The first kappa shape index (κ1) is 20.4. The highest BCUT2D eigenvalue weighted by Crippen LogP contribution is 2.30. The van der Waals surface area contributed by atoms with Gasteiger partial charge in [-0.25, -0.2) is 9.78 Å². The van der Waals surface area contributed by atoms with Crippen LogP contribution >= 0.6 is 23.1 Å². The molecule has 2 heterocycles. The van der Waals surface area contributed by atoms with Gasteiger partial charge in [-0.1, -0.05) is 32.0 Å². The lowest BCUT2D eigenvalue weighted by atomic mass is 9.98. The van der Waals surface area contributed by atoms with Gasteiger partial charge in [0, 0.05) is 11.4 Å². The van der Waals surface area contributed by atoms with Crippen molar-refractivity contribution >= 4 is 45.3 Å². The van der Waals surface area contributed by atoms with Crippen LogP contribution in [0.2, 0.25) is 0 Å². The van der Waals surface area contributed by atoms with Crippen LogP contribution in [0.25, 0.3) is 10.2 Å². The van der Waals surface area contributed by atoms with Crippen LogP contribution in [0.1, 0.15) is 37.6 Å². The maximum Gasteiger partial charge on any atom is 0.321 e. The summed E-state index contributed by atoms with van der Waals surface area (Å²) < 4.78 is 0. The summed E-state index contributed by atoms with van der Waals surface area (Å²) >= 11 is 2.60. The van der Waals surface area contributed by atoms with Crippen molar-refractivity contribution in [3.8, 4) is 0 Å². The zero-order valence-corrected chi connectivity index (χ0v) is 17.0. The van der Waals surface area contributed by atoms with Gasteiger partial charge in [-0.05, 0) is 31.7 Å². The van der Waals surface area contributed by atoms with Gasteiger partial charge in [-0.2, -0.15) is 0 Å². The summed E-state index contributed by atoms with van der Waals surface area (Å²) in [4.78, 5) is 44.7. The van der Waals surface area contributed by atoms with E-state index in [9.17, 15) is 14.4 Å². The van der Waals surface area contributed by atoms with Gasteiger partial charge in [-0.15, -0.1) is 11.3 Å². The smallest absolute Gasteiger partial charge is 0.321 e. The fourth-order valence-electron chi connectivity index (χ4n) is 2.46. The van der Waals surface area contributed by atoms with Crippen molar-refractivity contribution in [2.75, 3.05) is 12.3 Å². The molecule has 2 aromatic heterocycles. The number of carbonyl (C=O) groups excluding carboxylic acids is 2. The monoisotopic (exact) mass is 396 g/mol. The van der Waals surface area contributed by atoms with Crippen molar-refractivity contribution in [1.29, 1.82) is 0 Å². The Bertz CT molecular complexity index is 860. The number of hydrogen-bond acceptors (Lipinski definition) is 6. The summed E-state index contributed by atoms with van der Waals surface area (Å²) in [6.07, 6.45) is 1.91. The molecule has 3 amide bonds. The third-order valence-electron chi connectivity index (χ3n) is 4.02. The van der Waals surface area contributed by atoms with Crippen LogP contribution < -0.4 is 16.2 Å². The number of thioether (sulfide) groups is 1. The highest BCUT2D eigenvalue weighted by atomic mass is 32.2. The number of H-pyrrole nitrogens is 1. The summed E-state index contributed by atoms with van der Waals surface area (Å²) in [5.41, 5.74) is 0.892. The van der Waals surface area contributed by atoms with Crippen molar-refractivity contribution in [3.63, 3.8) is 0 Å². The van der Waals surface area contributed by atoms with Gasteiger partial charge >= 0.3 is 6.03 Å². The molecular formula is C17H24N4O3S2. The zero-order chi connectivity index (χ0) is 19.3. The number of nitrogens with one attached hydrogen (secondary N) is 3. The average molecular weight is 397 g/mol. The van der Waals surface area contributed by atoms with Gasteiger partial charge in [0.05, 0.1) is 11.1 Å². The Hall–Kier alpha value is -1.87. The number of fused-ring (bicyclic) bond motifs is 1. The topological polar surface area (TPSA) is 104 Å². The zero-order valence-electron chi connectivity index (χ0n) is 15.4. The molecule has 0 aliphatic carbocycles. The van der Waals surface area contributed by atoms with Crippen LogP contribution in [-0.4, -0.2) is 34.2 Å². The highest BCUT2D eigenvalue weighted by Gasteiger charge is 2.17. The molecule has 0 radical (unpaired) electrons. The molecule has 142 valence electrons. The summed E-state index contributed by atoms with van der Waals surface area (Å²) in [7, 11) is 0. The first-order chi connectivity index (χ1) is 12.3. The Kier molecular flexibility index (Phi) is 7.22. The third kappa shape index (κ3) is 5.07. The van der Waals surface area contributed by atoms with Crippen LogP contribution in [0.3, 0.4) is 0 Å². The minimum atomic E-state index is -0.529. The van der Waals surface area contributed by atoms with E-state index < -0.39 is 11.9 Å². The second-order valence-electron chi connectivity index (χ2n) is 6.10. The maximum absolute atomic E-state index is 12.5. The number of amides is 3. The molecule has 0 aliphatic rings. The molecule has 9 heteroatoms. The number of rotatable bonds is 7. The molecule has 3 N–H and O–H groups in total. The first-order valence-corrected chi connectivity index (χ1v) is 10.4. The molecule has 0 aliphatic heterocycles. The molecule has 2 rings (SSSR count). The van der Waals surface area contributed by atoms with Crippen LogP contribution in [0.4, 0.5) is 4.79 Å². The molecule has 0 saturated heterocycles. The van der Waals surface area contributed by atoms with Gasteiger partial charge in [0.25, 0.3) is 5.56 Å². The molecule has 0 spiro atoms. The number of aromatic amines is 1. The number of thiophene rings is 1. The minimum absolute atomic E-state index is 0.00430. The van der Waals surface area contributed by atoms with Crippen LogP contribution in [-0.2, 0) is 11.2 Å². The van der Waals surface area contributed by atoms with E-state index in [1.54, 1.807) is 6.92 Å². The Labute approximate surface area is 160 Å². The van der Waals surface area contributed by atoms with E-state index in [1.807, 2.05) is 6.92 Å². The highest BCUT2D eigenvalue weighted by molar-refractivity contribution is 7.99. The van der Waals surface area contributed by atoms with Crippen LogP contribution in [0.15, 0.2) is 9.95 Å². The second kappa shape index (κ2) is 9.18. The van der Waals surface area contributed by atoms with E-state index in [0.717, 1.165) is 35.0 Å². The molecule has 26 heavy (non-hydrogen) atoms. The molecule has 1 atom stereocenters. The Morgan fingerprint density at radius 3 is 2.73 bits per heavy atom. The summed E-state index contributed by atoms with van der Waals surface area (Å²) in [6, 6.07) is -0.529. The van der Waals surface area contributed by atoms with Crippen molar-refractivity contribution in [1.82, 2.24) is 20.6 Å². The lowest BCUT2D eigenvalue weighted by Crippen LogP contribution is -2.40. The van der Waals surface area contributed by atoms with E-state index in [4.69, 9.17) is 0 Å². The Morgan fingerprint density at radius 2 is 2.08 bits per heavy atom. The fourth-order valence-corrected chi connectivity index (χ4v) is 4.24. The van der Waals surface area contributed by atoms with Crippen molar-refractivity contribution in [2.45, 2.75) is 45.7 Å². The van der Waals surface area contributed by atoms with Gasteiger partial charge in [-0.3, -0.25) is 14.9 Å². The minimum Gasteiger partial charge on any atom is -0.338 e. The summed E-state index contributed by atoms with van der Waals surface area (Å²) in [6.45, 7) is 8.52. The molecule has 0 unspecified atom stereocenters. The molecule has 7 nitrogen and oxygen atoms in total. The predicted octanol–water partition coefficient (Wildman–Crippen LogP) is 2.82. The quantitative estimate of drug-likeness (QED) is 0.493. The second-order valence-corrected chi connectivity index (χ2v) is 8.27. The normalized spacial score (nSPS) is 12.2. The standard InChI is InChI=1S/C17H24N4O3S2/c1-5-9(3)7-11-10(4)26-15-13(11)14(23)20-17(21-15)25-8-12(22)19-16(24)18-6-2/h9H,5-8H2,1-4H3,(H,20,21,23)(H2,18,19,22,24)/t9-/m0/s1. The summed E-state index contributed by atoms with van der Waals surface area (Å²) in [5, 5.41) is 5.74. The van der Waals surface area contributed by atoms with Gasteiger partial charge in [0.2, 0.25) is 5.91 Å². The van der Waals surface area contributed by atoms with Crippen molar-refractivity contribution in [3.05, 3.63) is 20.8 Å². The lowest BCUT2D eigenvalue weighted by Gasteiger charge is -2.08. The molecule has 0 fully saturated rings. The van der Waals surface area contributed by atoms with Gasteiger partial charge in [0.1, 0.15) is 4.83 Å². The largest absolute Gasteiger partial charge is 0.338 e. The lowest BCUT2D eigenvalue weighted by molar-refractivity contribution is -0.117. The molecule has 0 aromatic carbocycles. The first-order valence-electron chi connectivity index (χ1n) is 8.58. The van der Waals surface area contributed by atoms with Gasteiger partial charge in [0.15, 0.2) is 5.16 Å². The SMILES string of the molecule is CCNC(=O)NC(=O)CSc1nc2sc(C)c(C[C@@H](C)CC)c2c(=O)[nH]1. The number of aromatic nitrogens is 2. The number of nitrogens with zero attached hydrogens (tertiary/aromatic N) is 1. The van der Waals surface area contributed by atoms with Crippen LogP contribution in [0.5, 0.6) is 0 Å².